The third-order valence-corrected chi connectivity index (χ3v) is 4.46. The minimum absolute atomic E-state index is 0.156. The van der Waals surface area contributed by atoms with E-state index in [1.807, 2.05) is 24.3 Å². The smallest absolute Gasteiger partial charge is 0.270 e. The average Bonchev–Trinajstić information content (AvgIpc) is 3.08. The van der Waals surface area contributed by atoms with Gasteiger partial charge in [-0.1, -0.05) is 19.9 Å². The standard InChI is InChI=1S/C20H22N4O3/c1-11(2)5-17-20(25)24-15-7-13(21)14(8-16(15)23-17)22-9-12-3-4-18-19(6-12)27-10-26-18/h3-4,6-8,11,22H,5,9-10,21H2,1-2H3,(H,24,25). The van der Waals surface area contributed by atoms with Crippen LogP contribution in [-0.2, 0) is 13.0 Å². The summed E-state index contributed by atoms with van der Waals surface area (Å²) >= 11 is 0. The van der Waals surface area contributed by atoms with Gasteiger partial charge >= 0.3 is 0 Å². The molecule has 2 aromatic carbocycles. The zero-order chi connectivity index (χ0) is 19.0. The molecule has 0 spiro atoms. The number of benzene rings is 2. The van der Waals surface area contributed by atoms with Gasteiger partial charge in [0, 0.05) is 6.54 Å². The molecule has 0 radical (unpaired) electrons. The predicted octanol–water partition coefficient (Wildman–Crippen LogP) is 3.04. The molecule has 0 saturated heterocycles. The molecule has 140 valence electrons. The Bertz CT molecular complexity index is 1060. The number of anilines is 2. The van der Waals surface area contributed by atoms with Gasteiger partial charge in [0.25, 0.3) is 5.56 Å². The Hall–Kier alpha value is -3.22. The summed E-state index contributed by atoms with van der Waals surface area (Å²) in [6, 6.07) is 9.44. The lowest BCUT2D eigenvalue weighted by atomic mass is 10.1. The SMILES string of the molecule is CC(C)Cc1nc2cc(NCc3ccc4c(c3)OCO4)c(N)cc2[nH]c1=O. The van der Waals surface area contributed by atoms with Gasteiger partial charge in [0.2, 0.25) is 6.79 Å². The van der Waals surface area contributed by atoms with Crippen molar-refractivity contribution in [1.29, 1.82) is 0 Å². The van der Waals surface area contributed by atoms with E-state index in [1.54, 1.807) is 6.07 Å². The molecule has 0 saturated carbocycles. The van der Waals surface area contributed by atoms with E-state index in [4.69, 9.17) is 15.2 Å². The van der Waals surface area contributed by atoms with Crippen molar-refractivity contribution in [2.24, 2.45) is 5.92 Å². The molecule has 1 aliphatic rings. The summed E-state index contributed by atoms with van der Waals surface area (Å²) in [6.45, 7) is 4.96. The second kappa shape index (κ2) is 6.83. The average molecular weight is 366 g/mol. The molecule has 0 aliphatic carbocycles. The Morgan fingerprint density at radius 3 is 2.85 bits per heavy atom. The van der Waals surface area contributed by atoms with Crippen LogP contribution in [0.4, 0.5) is 11.4 Å². The third-order valence-electron chi connectivity index (χ3n) is 4.46. The molecule has 2 heterocycles. The number of H-pyrrole nitrogens is 1. The van der Waals surface area contributed by atoms with Crippen LogP contribution in [0.2, 0.25) is 0 Å². The molecule has 7 nitrogen and oxygen atoms in total. The molecule has 0 bridgehead atoms. The number of aromatic nitrogens is 2. The van der Waals surface area contributed by atoms with Crippen LogP contribution in [0.1, 0.15) is 25.1 Å². The lowest BCUT2D eigenvalue weighted by Crippen LogP contribution is -2.17. The summed E-state index contributed by atoms with van der Waals surface area (Å²) in [4.78, 5) is 19.6. The number of fused-ring (bicyclic) bond motifs is 2. The highest BCUT2D eigenvalue weighted by Gasteiger charge is 2.14. The molecule has 3 aromatic rings. The van der Waals surface area contributed by atoms with Crippen LogP contribution in [0.25, 0.3) is 11.0 Å². The Morgan fingerprint density at radius 2 is 2.04 bits per heavy atom. The van der Waals surface area contributed by atoms with Crippen molar-refractivity contribution in [3.05, 3.63) is 51.9 Å². The molecule has 7 heteroatoms. The Balaban J connectivity index is 1.60. The molecular formula is C20H22N4O3. The van der Waals surface area contributed by atoms with E-state index in [9.17, 15) is 4.79 Å². The highest BCUT2D eigenvalue weighted by molar-refractivity contribution is 5.86. The van der Waals surface area contributed by atoms with Gasteiger partial charge < -0.3 is 25.5 Å². The predicted molar refractivity (Wildman–Crippen MR) is 105 cm³/mol. The van der Waals surface area contributed by atoms with Crippen LogP contribution < -0.4 is 26.1 Å². The summed E-state index contributed by atoms with van der Waals surface area (Å²) in [7, 11) is 0. The van der Waals surface area contributed by atoms with Crippen LogP contribution in [-0.4, -0.2) is 16.8 Å². The quantitative estimate of drug-likeness (QED) is 0.600. The van der Waals surface area contributed by atoms with Crippen LogP contribution >= 0.6 is 0 Å². The maximum Gasteiger partial charge on any atom is 0.270 e. The second-order valence-electron chi connectivity index (χ2n) is 7.11. The zero-order valence-electron chi connectivity index (χ0n) is 15.3. The van der Waals surface area contributed by atoms with Crippen molar-refractivity contribution in [2.75, 3.05) is 17.8 Å². The monoisotopic (exact) mass is 366 g/mol. The third kappa shape index (κ3) is 3.53. The maximum absolute atomic E-state index is 12.2. The van der Waals surface area contributed by atoms with Crippen molar-refractivity contribution >= 4 is 22.4 Å². The number of nitrogens with one attached hydrogen (secondary N) is 2. The highest BCUT2D eigenvalue weighted by atomic mass is 16.7. The maximum atomic E-state index is 12.2. The molecule has 27 heavy (non-hydrogen) atoms. The number of aromatic amines is 1. The molecule has 0 unspecified atom stereocenters. The molecule has 0 fully saturated rings. The van der Waals surface area contributed by atoms with Gasteiger partial charge in [0.1, 0.15) is 5.69 Å². The minimum atomic E-state index is -0.156. The first-order valence-electron chi connectivity index (χ1n) is 8.94. The molecule has 4 N–H and O–H groups in total. The summed E-state index contributed by atoms with van der Waals surface area (Å²) < 4.78 is 10.7. The fourth-order valence-corrected chi connectivity index (χ4v) is 3.11. The number of ether oxygens (including phenoxy) is 2. The van der Waals surface area contributed by atoms with Gasteiger partial charge in [-0.3, -0.25) is 4.79 Å². The van der Waals surface area contributed by atoms with Gasteiger partial charge in [-0.05, 0) is 42.2 Å². The Labute approximate surface area is 156 Å². The first kappa shape index (κ1) is 17.2. The molecule has 0 amide bonds. The topological polar surface area (TPSA) is 102 Å². The summed E-state index contributed by atoms with van der Waals surface area (Å²) in [5.41, 5.74) is 10.3. The number of nitrogens with two attached hydrogens (primary N) is 1. The lowest BCUT2D eigenvalue weighted by Gasteiger charge is -2.12. The summed E-state index contributed by atoms with van der Waals surface area (Å²) in [6.07, 6.45) is 0.635. The minimum Gasteiger partial charge on any atom is -0.454 e. The number of rotatable bonds is 5. The molecule has 1 aromatic heterocycles. The lowest BCUT2D eigenvalue weighted by molar-refractivity contribution is 0.174. The second-order valence-corrected chi connectivity index (χ2v) is 7.11. The van der Waals surface area contributed by atoms with Crippen molar-refractivity contribution in [2.45, 2.75) is 26.8 Å². The zero-order valence-corrected chi connectivity index (χ0v) is 15.3. The number of hydrogen-bond acceptors (Lipinski definition) is 6. The highest BCUT2D eigenvalue weighted by Crippen LogP contribution is 2.33. The first-order valence-corrected chi connectivity index (χ1v) is 8.94. The van der Waals surface area contributed by atoms with Crippen LogP contribution in [0.3, 0.4) is 0 Å². The van der Waals surface area contributed by atoms with Crippen LogP contribution in [0.5, 0.6) is 11.5 Å². The van der Waals surface area contributed by atoms with Gasteiger partial charge in [-0.25, -0.2) is 4.98 Å². The molecular weight excluding hydrogens is 344 g/mol. The van der Waals surface area contributed by atoms with Gasteiger partial charge in [0.15, 0.2) is 11.5 Å². The van der Waals surface area contributed by atoms with E-state index in [2.05, 4.69) is 29.1 Å². The van der Waals surface area contributed by atoms with E-state index < -0.39 is 0 Å². The van der Waals surface area contributed by atoms with Crippen molar-refractivity contribution in [3.63, 3.8) is 0 Å². The number of hydrogen-bond donors (Lipinski definition) is 3. The van der Waals surface area contributed by atoms with Crippen LogP contribution in [0.15, 0.2) is 35.1 Å². The Kier molecular flexibility index (Phi) is 4.35. The summed E-state index contributed by atoms with van der Waals surface area (Å²) in [5.74, 6) is 1.86. The van der Waals surface area contributed by atoms with E-state index in [0.717, 1.165) is 22.7 Å². The van der Waals surface area contributed by atoms with E-state index in [-0.39, 0.29) is 12.4 Å². The van der Waals surface area contributed by atoms with Gasteiger partial charge in [-0.15, -0.1) is 0 Å². The fraction of sp³-hybridized carbons (Fsp3) is 0.300. The fourth-order valence-electron chi connectivity index (χ4n) is 3.11. The largest absolute Gasteiger partial charge is 0.454 e. The van der Waals surface area contributed by atoms with Gasteiger partial charge in [-0.2, -0.15) is 0 Å². The molecule has 4 rings (SSSR count). The van der Waals surface area contributed by atoms with E-state index in [1.165, 1.54) is 0 Å². The van der Waals surface area contributed by atoms with Crippen molar-refractivity contribution in [3.8, 4) is 11.5 Å². The Morgan fingerprint density at radius 1 is 1.22 bits per heavy atom. The molecule has 1 aliphatic heterocycles. The number of nitrogens with zero attached hydrogens (tertiary/aromatic N) is 1. The van der Waals surface area contributed by atoms with Crippen LogP contribution in [0, 0.1) is 5.92 Å². The van der Waals surface area contributed by atoms with E-state index >= 15 is 0 Å². The normalized spacial score (nSPS) is 12.7. The number of nitrogen functional groups attached to an aromatic ring is 1. The van der Waals surface area contributed by atoms with Crippen molar-refractivity contribution in [1.82, 2.24) is 9.97 Å². The molecule has 0 atom stereocenters. The van der Waals surface area contributed by atoms with Gasteiger partial charge in [0.05, 0.1) is 22.4 Å². The first-order chi connectivity index (χ1) is 13.0. The van der Waals surface area contributed by atoms with Crippen molar-refractivity contribution < 1.29 is 9.47 Å². The summed E-state index contributed by atoms with van der Waals surface area (Å²) in [5, 5.41) is 3.33. The van der Waals surface area contributed by atoms with E-state index in [0.29, 0.717) is 41.3 Å².